The van der Waals surface area contributed by atoms with E-state index in [-0.39, 0.29) is 6.04 Å². The molecule has 19 heavy (non-hydrogen) atoms. The van der Waals surface area contributed by atoms with Crippen molar-refractivity contribution < 1.29 is 4.79 Å². The molecule has 1 amide bonds. The highest BCUT2D eigenvalue weighted by Gasteiger charge is 2.51. The van der Waals surface area contributed by atoms with Crippen LogP contribution in [0.3, 0.4) is 0 Å². The zero-order chi connectivity index (χ0) is 13.0. The molecule has 4 aliphatic carbocycles. The van der Waals surface area contributed by atoms with E-state index >= 15 is 0 Å². The maximum absolute atomic E-state index is 12.5. The van der Waals surface area contributed by atoms with Crippen molar-refractivity contribution in [3.8, 4) is 0 Å². The summed E-state index contributed by atoms with van der Waals surface area (Å²) in [4.78, 5) is 14.6. The number of carbonyl (C=O) groups is 1. The van der Waals surface area contributed by atoms with Gasteiger partial charge in [-0.1, -0.05) is 0 Å². The predicted molar refractivity (Wildman–Crippen MR) is 74.4 cm³/mol. The van der Waals surface area contributed by atoms with E-state index in [1.807, 2.05) is 4.90 Å². The van der Waals surface area contributed by atoms with Crippen molar-refractivity contribution in [2.24, 2.45) is 28.9 Å². The molecule has 1 saturated heterocycles. The van der Waals surface area contributed by atoms with Gasteiger partial charge in [-0.15, -0.1) is 0 Å². The molecule has 5 aliphatic rings. The second-order valence-electron chi connectivity index (χ2n) is 7.98. The Bertz CT molecular complexity index is 357. The lowest BCUT2D eigenvalue weighted by Gasteiger charge is -2.56. The Morgan fingerprint density at radius 3 is 2.16 bits per heavy atom. The summed E-state index contributed by atoms with van der Waals surface area (Å²) >= 11 is 0. The highest BCUT2D eigenvalue weighted by molar-refractivity contribution is 5.77. The second-order valence-corrected chi connectivity index (χ2v) is 7.98. The second kappa shape index (κ2) is 4.21. The van der Waals surface area contributed by atoms with E-state index in [1.54, 1.807) is 0 Å². The van der Waals surface area contributed by atoms with Crippen molar-refractivity contribution in [3.63, 3.8) is 0 Å². The molecule has 1 heterocycles. The summed E-state index contributed by atoms with van der Waals surface area (Å²) in [6, 6.07) is 0.223. The number of hydrogen-bond donors (Lipinski definition) is 1. The molecule has 0 radical (unpaired) electrons. The third kappa shape index (κ3) is 2.10. The van der Waals surface area contributed by atoms with E-state index in [0.29, 0.717) is 11.3 Å². The molecular formula is C16H26N2O. The maximum atomic E-state index is 12.5. The Morgan fingerprint density at radius 1 is 1.11 bits per heavy atom. The van der Waals surface area contributed by atoms with Crippen LogP contribution in [0.2, 0.25) is 0 Å². The number of nitrogens with zero attached hydrogens (tertiary/aromatic N) is 1. The van der Waals surface area contributed by atoms with Gasteiger partial charge in [0.25, 0.3) is 0 Å². The SMILES string of the molecule is N[C@H]1CCN(C(=O)CC23CC4CC(CC(C4)C2)C3)C1. The molecular weight excluding hydrogens is 236 g/mol. The van der Waals surface area contributed by atoms with Crippen molar-refractivity contribution in [2.75, 3.05) is 13.1 Å². The Morgan fingerprint density at radius 2 is 1.68 bits per heavy atom. The van der Waals surface area contributed by atoms with Crippen LogP contribution in [0, 0.1) is 23.2 Å². The summed E-state index contributed by atoms with van der Waals surface area (Å²) in [5, 5.41) is 0. The zero-order valence-electron chi connectivity index (χ0n) is 11.8. The molecule has 2 N–H and O–H groups in total. The first-order valence-electron chi connectivity index (χ1n) is 8.15. The number of nitrogens with two attached hydrogens (primary N) is 1. The highest BCUT2D eigenvalue weighted by Crippen LogP contribution is 2.61. The number of hydrogen-bond acceptors (Lipinski definition) is 2. The summed E-state index contributed by atoms with van der Waals surface area (Å²) in [5.74, 6) is 3.23. The fourth-order valence-electron chi connectivity index (χ4n) is 5.95. The van der Waals surface area contributed by atoms with E-state index in [4.69, 9.17) is 5.73 Å². The van der Waals surface area contributed by atoms with Crippen LogP contribution < -0.4 is 5.73 Å². The normalized spacial score (nSPS) is 47.9. The molecule has 0 unspecified atom stereocenters. The molecule has 106 valence electrons. The molecule has 5 fully saturated rings. The van der Waals surface area contributed by atoms with Gasteiger partial charge in [-0.2, -0.15) is 0 Å². The van der Waals surface area contributed by atoms with E-state index < -0.39 is 0 Å². The van der Waals surface area contributed by atoms with Crippen LogP contribution in [-0.2, 0) is 4.79 Å². The molecule has 1 aliphatic heterocycles. The maximum Gasteiger partial charge on any atom is 0.223 e. The molecule has 0 aromatic heterocycles. The molecule has 4 bridgehead atoms. The van der Waals surface area contributed by atoms with Crippen LogP contribution in [0.4, 0.5) is 0 Å². The largest absolute Gasteiger partial charge is 0.341 e. The van der Waals surface area contributed by atoms with Gasteiger partial charge in [0, 0.05) is 25.6 Å². The average Bonchev–Trinajstić information content (AvgIpc) is 2.73. The van der Waals surface area contributed by atoms with Crippen molar-refractivity contribution in [1.82, 2.24) is 4.90 Å². The molecule has 1 atom stereocenters. The Kier molecular flexibility index (Phi) is 2.70. The topological polar surface area (TPSA) is 46.3 Å². The van der Waals surface area contributed by atoms with Gasteiger partial charge >= 0.3 is 0 Å². The smallest absolute Gasteiger partial charge is 0.223 e. The molecule has 3 nitrogen and oxygen atoms in total. The molecule has 0 spiro atoms. The van der Waals surface area contributed by atoms with Crippen LogP contribution in [0.1, 0.15) is 51.4 Å². The fourth-order valence-corrected chi connectivity index (χ4v) is 5.95. The lowest BCUT2D eigenvalue weighted by Crippen LogP contribution is -2.48. The first-order valence-corrected chi connectivity index (χ1v) is 8.15. The molecule has 5 rings (SSSR count). The summed E-state index contributed by atoms with van der Waals surface area (Å²) in [7, 11) is 0. The minimum atomic E-state index is 0.223. The summed E-state index contributed by atoms with van der Waals surface area (Å²) in [6.07, 6.45) is 10.2. The molecule has 0 aromatic carbocycles. The average molecular weight is 262 g/mol. The first-order chi connectivity index (χ1) is 9.12. The van der Waals surface area contributed by atoms with Crippen molar-refractivity contribution >= 4 is 5.91 Å². The summed E-state index contributed by atoms with van der Waals surface area (Å²) in [6.45, 7) is 1.69. The van der Waals surface area contributed by atoms with Crippen LogP contribution >= 0.6 is 0 Å². The standard InChI is InChI=1S/C16H26N2O/c17-14-1-2-18(10-14)15(19)9-16-6-11-3-12(7-16)5-13(4-11)8-16/h11-14H,1-10,17H2/t11?,12?,13?,14-,16?/m0/s1. The van der Waals surface area contributed by atoms with Gasteiger partial charge in [0.1, 0.15) is 0 Å². The van der Waals surface area contributed by atoms with Gasteiger partial charge in [0.15, 0.2) is 0 Å². The highest BCUT2D eigenvalue weighted by atomic mass is 16.2. The number of amides is 1. The van der Waals surface area contributed by atoms with Crippen molar-refractivity contribution in [3.05, 3.63) is 0 Å². The summed E-state index contributed by atoms with van der Waals surface area (Å²) in [5.41, 5.74) is 6.32. The minimum absolute atomic E-state index is 0.223. The van der Waals surface area contributed by atoms with Crippen LogP contribution in [0.25, 0.3) is 0 Å². The molecule has 3 heteroatoms. The molecule has 4 saturated carbocycles. The van der Waals surface area contributed by atoms with Crippen molar-refractivity contribution in [1.29, 1.82) is 0 Å². The van der Waals surface area contributed by atoms with Crippen molar-refractivity contribution in [2.45, 2.75) is 57.4 Å². The Balaban J connectivity index is 1.46. The fraction of sp³-hybridized carbons (Fsp3) is 0.938. The predicted octanol–water partition coefficient (Wildman–Crippen LogP) is 2.15. The Labute approximate surface area is 115 Å². The zero-order valence-corrected chi connectivity index (χ0v) is 11.8. The number of rotatable bonds is 2. The van der Waals surface area contributed by atoms with E-state index in [0.717, 1.165) is 43.7 Å². The van der Waals surface area contributed by atoms with Gasteiger partial charge in [0.2, 0.25) is 5.91 Å². The van der Waals surface area contributed by atoms with Crippen LogP contribution in [0.5, 0.6) is 0 Å². The monoisotopic (exact) mass is 262 g/mol. The lowest BCUT2D eigenvalue weighted by molar-refractivity contribution is -0.138. The molecule has 0 aromatic rings. The first kappa shape index (κ1) is 12.2. The van der Waals surface area contributed by atoms with Gasteiger partial charge in [-0.05, 0) is 68.1 Å². The third-order valence-corrected chi connectivity index (χ3v) is 6.27. The quantitative estimate of drug-likeness (QED) is 0.829. The lowest BCUT2D eigenvalue weighted by atomic mass is 9.49. The van der Waals surface area contributed by atoms with Crippen LogP contribution in [-0.4, -0.2) is 29.9 Å². The minimum Gasteiger partial charge on any atom is -0.341 e. The Hall–Kier alpha value is -0.570. The van der Waals surface area contributed by atoms with Crippen LogP contribution in [0.15, 0.2) is 0 Å². The van der Waals surface area contributed by atoms with E-state index in [2.05, 4.69) is 0 Å². The number of carbonyl (C=O) groups excluding carboxylic acids is 1. The van der Waals surface area contributed by atoms with E-state index in [1.165, 1.54) is 38.5 Å². The summed E-state index contributed by atoms with van der Waals surface area (Å²) < 4.78 is 0. The van der Waals surface area contributed by atoms with E-state index in [9.17, 15) is 4.79 Å². The van der Waals surface area contributed by atoms with Gasteiger partial charge in [-0.3, -0.25) is 4.79 Å². The van der Waals surface area contributed by atoms with Gasteiger partial charge in [0.05, 0.1) is 0 Å². The van der Waals surface area contributed by atoms with Gasteiger partial charge < -0.3 is 10.6 Å². The number of likely N-dealkylation sites (tertiary alicyclic amines) is 1. The third-order valence-electron chi connectivity index (χ3n) is 6.27. The van der Waals surface area contributed by atoms with Gasteiger partial charge in [-0.25, -0.2) is 0 Å².